The van der Waals surface area contributed by atoms with Crippen LogP contribution in [0.15, 0.2) is 24.3 Å². The molecule has 0 bridgehead atoms. The number of nitrogens with one attached hydrogen (secondary N) is 1. The molecule has 22 heavy (non-hydrogen) atoms. The highest BCUT2D eigenvalue weighted by Gasteiger charge is 2.31. The van der Waals surface area contributed by atoms with E-state index < -0.39 is 0 Å². The molecule has 1 N–H and O–H groups in total. The van der Waals surface area contributed by atoms with Crippen LogP contribution in [0.25, 0.3) is 0 Å². The van der Waals surface area contributed by atoms with Gasteiger partial charge in [-0.3, -0.25) is 0 Å². The van der Waals surface area contributed by atoms with Gasteiger partial charge in [-0.1, -0.05) is 18.2 Å². The van der Waals surface area contributed by atoms with Gasteiger partial charge in [-0.2, -0.15) is 11.8 Å². The van der Waals surface area contributed by atoms with Crippen molar-refractivity contribution in [2.45, 2.75) is 38.3 Å². The van der Waals surface area contributed by atoms with E-state index in [1.54, 1.807) is 0 Å². The van der Waals surface area contributed by atoms with E-state index in [1.807, 2.05) is 34.9 Å². The number of amides is 2. The van der Waals surface area contributed by atoms with E-state index in [0.717, 1.165) is 30.2 Å². The summed E-state index contributed by atoms with van der Waals surface area (Å²) in [5.74, 6) is 3.36. The summed E-state index contributed by atoms with van der Waals surface area (Å²) in [6, 6.07) is 8.56. The van der Waals surface area contributed by atoms with Crippen LogP contribution < -0.4 is 10.1 Å². The first kappa shape index (κ1) is 15.5. The molecule has 3 atom stereocenters. The van der Waals surface area contributed by atoms with Crippen molar-refractivity contribution in [3.63, 3.8) is 0 Å². The smallest absolute Gasteiger partial charge is 0.317 e. The lowest BCUT2D eigenvalue weighted by Gasteiger charge is -2.30. The number of thioether (sulfide) groups is 1. The number of hydrogen-bond acceptors (Lipinski definition) is 3. The molecular formula is C17H24N2O2S. The van der Waals surface area contributed by atoms with E-state index in [4.69, 9.17) is 4.74 Å². The highest BCUT2D eigenvalue weighted by Crippen LogP contribution is 2.35. The van der Waals surface area contributed by atoms with Gasteiger partial charge in [0.25, 0.3) is 0 Å². The second-order valence-electron chi connectivity index (χ2n) is 6.14. The molecule has 1 saturated heterocycles. The van der Waals surface area contributed by atoms with Crippen molar-refractivity contribution in [2.24, 2.45) is 0 Å². The Morgan fingerprint density at radius 3 is 3.09 bits per heavy atom. The summed E-state index contributed by atoms with van der Waals surface area (Å²) in [6.45, 7) is 5.70. The summed E-state index contributed by atoms with van der Waals surface area (Å²) in [5.41, 5.74) is 1.20. The fourth-order valence-electron chi connectivity index (χ4n) is 3.18. The summed E-state index contributed by atoms with van der Waals surface area (Å²) in [7, 11) is 0. The number of para-hydroxylation sites is 1. The SMILES string of the molecule is C[C@H](NC(=O)N1CCSCC[C@H]1C)[C@H]1COc2ccccc21. The molecule has 0 aromatic heterocycles. The fraction of sp³-hybridized carbons (Fsp3) is 0.588. The lowest BCUT2D eigenvalue weighted by Crippen LogP contribution is -2.49. The highest BCUT2D eigenvalue weighted by molar-refractivity contribution is 7.99. The van der Waals surface area contributed by atoms with E-state index in [2.05, 4.69) is 25.2 Å². The molecule has 0 spiro atoms. The number of nitrogens with zero attached hydrogens (tertiary/aromatic N) is 1. The Morgan fingerprint density at radius 1 is 1.41 bits per heavy atom. The lowest BCUT2D eigenvalue weighted by atomic mass is 9.94. The average molecular weight is 320 g/mol. The van der Waals surface area contributed by atoms with Crippen LogP contribution in [0.1, 0.15) is 31.7 Å². The standard InChI is InChI=1S/C17H24N2O2S/c1-12-7-9-22-10-8-19(12)17(20)18-13(2)15-11-21-16-6-4-3-5-14(15)16/h3-6,12-13,15H,7-11H2,1-2H3,(H,18,20)/t12-,13+,15-/m1/s1. The number of urea groups is 1. The zero-order chi connectivity index (χ0) is 15.5. The third-order valence-corrected chi connectivity index (χ3v) is 5.64. The summed E-state index contributed by atoms with van der Waals surface area (Å²) in [5, 5.41) is 3.19. The number of carbonyl (C=O) groups is 1. The van der Waals surface area contributed by atoms with Crippen LogP contribution in [0.4, 0.5) is 4.79 Å². The number of fused-ring (bicyclic) bond motifs is 1. The van der Waals surface area contributed by atoms with Gasteiger partial charge in [0.2, 0.25) is 0 Å². The molecule has 0 aliphatic carbocycles. The van der Waals surface area contributed by atoms with Gasteiger partial charge in [-0.15, -0.1) is 0 Å². The quantitative estimate of drug-likeness (QED) is 0.910. The van der Waals surface area contributed by atoms with Gasteiger partial charge < -0.3 is 15.0 Å². The minimum Gasteiger partial charge on any atom is -0.493 e. The molecule has 0 saturated carbocycles. The molecule has 1 aromatic carbocycles. The fourth-order valence-corrected chi connectivity index (χ4v) is 4.21. The average Bonchev–Trinajstić information content (AvgIpc) is 2.82. The summed E-state index contributed by atoms with van der Waals surface area (Å²) in [6.07, 6.45) is 1.07. The molecule has 3 rings (SSSR count). The third-order valence-electron chi connectivity index (χ3n) is 4.64. The highest BCUT2D eigenvalue weighted by atomic mass is 32.2. The van der Waals surface area contributed by atoms with Gasteiger partial charge >= 0.3 is 6.03 Å². The molecule has 2 heterocycles. The Kier molecular flexibility index (Phi) is 4.81. The van der Waals surface area contributed by atoms with Crippen molar-refractivity contribution in [2.75, 3.05) is 24.7 Å². The minimum absolute atomic E-state index is 0.0619. The summed E-state index contributed by atoms with van der Waals surface area (Å²) in [4.78, 5) is 14.6. The zero-order valence-electron chi connectivity index (χ0n) is 13.2. The Hall–Kier alpha value is -1.36. The van der Waals surface area contributed by atoms with Crippen molar-refractivity contribution < 1.29 is 9.53 Å². The maximum absolute atomic E-state index is 12.6. The predicted octanol–water partition coefficient (Wildman–Crippen LogP) is 3.09. The molecule has 5 heteroatoms. The molecule has 0 radical (unpaired) electrons. The molecule has 1 fully saturated rings. The summed E-state index contributed by atoms with van der Waals surface area (Å²) >= 11 is 1.93. The summed E-state index contributed by atoms with van der Waals surface area (Å²) < 4.78 is 5.73. The first-order valence-corrected chi connectivity index (χ1v) is 9.19. The number of rotatable bonds is 2. The molecule has 2 aliphatic rings. The van der Waals surface area contributed by atoms with E-state index in [-0.39, 0.29) is 18.0 Å². The van der Waals surface area contributed by atoms with E-state index in [9.17, 15) is 4.79 Å². The van der Waals surface area contributed by atoms with Gasteiger partial charge in [0, 0.05) is 35.9 Å². The maximum Gasteiger partial charge on any atom is 0.317 e. The first-order valence-electron chi connectivity index (χ1n) is 8.03. The lowest BCUT2D eigenvalue weighted by molar-refractivity contribution is 0.177. The molecule has 4 nitrogen and oxygen atoms in total. The molecule has 2 amide bonds. The Labute approximate surface area is 136 Å². The first-order chi connectivity index (χ1) is 10.7. The van der Waals surface area contributed by atoms with Crippen LogP contribution >= 0.6 is 11.8 Å². The van der Waals surface area contributed by atoms with Crippen molar-refractivity contribution >= 4 is 17.8 Å². The Morgan fingerprint density at radius 2 is 2.23 bits per heavy atom. The minimum atomic E-state index is 0.0619. The number of carbonyl (C=O) groups excluding carboxylic acids is 1. The Bertz CT molecular complexity index is 537. The van der Waals surface area contributed by atoms with Crippen LogP contribution in [0.2, 0.25) is 0 Å². The zero-order valence-corrected chi connectivity index (χ0v) is 14.1. The van der Waals surface area contributed by atoms with Crippen LogP contribution in [0.3, 0.4) is 0 Å². The van der Waals surface area contributed by atoms with Gasteiger partial charge in [0.15, 0.2) is 0 Å². The van der Waals surface area contributed by atoms with Crippen molar-refractivity contribution in [1.29, 1.82) is 0 Å². The molecule has 120 valence electrons. The van der Waals surface area contributed by atoms with Crippen molar-refractivity contribution in [1.82, 2.24) is 10.2 Å². The third kappa shape index (κ3) is 3.19. The number of ether oxygens (including phenoxy) is 1. The van der Waals surface area contributed by atoms with Crippen LogP contribution in [0.5, 0.6) is 5.75 Å². The second-order valence-corrected chi connectivity index (χ2v) is 7.36. The number of benzene rings is 1. The van der Waals surface area contributed by atoms with Gasteiger partial charge in [0.1, 0.15) is 5.75 Å². The van der Waals surface area contributed by atoms with Crippen molar-refractivity contribution in [3.8, 4) is 5.75 Å². The van der Waals surface area contributed by atoms with E-state index in [0.29, 0.717) is 12.6 Å². The van der Waals surface area contributed by atoms with Gasteiger partial charge in [-0.25, -0.2) is 4.79 Å². The normalized spacial score (nSPS) is 25.8. The molecule has 1 aromatic rings. The van der Waals surface area contributed by atoms with E-state index in [1.165, 1.54) is 5.56 Å². The van der Waals surface area contributed by atoms with Crippen LogP contribution in [0, 0.1) is 0 Å². The maximum atomic E-state index is 12.6. The monoisotopic (exact) mass is 320 g/mol. The predicted molar refractivity (Wildman–Crippen MR) is 90.8 cm³/mol. The second kappa shape index (κ2) is 6.82. The van der Waals surface area contributed by atoms with Gasteiger partial charge in [-0.05, 0) is 32.1 Å². The van der Waals surface area contributed by atoms with Gasteiger partial charge in [0.05, 0.1) is 6.61 Å². The number of hydrogen-bond donors (Lipinski definition) is 1. The van der Waals surface area contributed by atoms with Crippen LogP contribution in [-0.4, -0.2) is 47.7 Å². The topological polar surface area (TPSA) is 41.6 Å². The van der Waals surface area contributed by atoms with Crippen molar-refractivity contribution in [3.05, 3.63) is 29.8 Å². The molecular weight excluding hydrogens is 296 g/mol. The van der Waals surface area contributed by atoms with Crippen LogP contribution in [-0.2, 0) is 0 Å². The largest absolute Gasteiger partial charge is 0.493 e. The molecule has 2 aliphatic heterocycles. The van der Waals surface area contributed by atoms with E-state index >= 15 is 0 Å². The Balaban J connectivity index is 1.64. The molecule has 0 unspecified atom stereocenters.